The zero-order valence-corrected chi connectivity index (χ0v) is 26.7. The molecule has 26 nitrogen and oxygen atoms in total. The van der Waals surface area contributed by atoms with Crippen molar-refractivity contribution in [2.45, 2.75) is 81.6 Å². The van der Waals surface area contributed by atoms with Crippen LogP contribution in [0.4, 0.5) is 0 Å². The maximum Gasteiger partial charge on any atom is 0.321 e. The Balaban J connectivity index is -0.000000169. The summed E-state index contributed by atoms with van der Waals surface area (Å²) in [4.78, 5) is 89.7. The Morgan fingerprint density at radius 3 is 1.06 bits per heavy atom. The van der Waals surface area contributed by atoms with E-state index in [0.717, 1.165) is 0 Å². The fraction of sp³-hybridized carbons (Fsp3) is 0.583. The van der Waals surface area contributed by atoms with Crippen molar-refractivity contribution in [3.05, 3.63) is 0 Å². The van der Waals surface area contributed by atoms with Gasteiger partial charge >= 0.3 is 41.8 Å². The fourth-order valence-electron chi connectivity index (χ4n) is 2.07. The quantitative estimate of drug-likeness (QED) is 0.0333. The molecule has 5 atom stereocenters. The van der Waals surface area contributed by atoms with E-state index in [1.807, 2.05) is 0 Å². The smallest absolute Gasteiger partial charge is 0.321 e. The van der Waals surface area contributed by atoms with Crippen LogP contribution in [0.5, 0.6) is 0 Å². The van der Waals surface area contributed by atoms with Crippen molar-refractivity contribution < 1.29 is 78.9 Å². The summed E-state index contributed by atoms with van der Waals surface area (Å²) in [5, 5.41) is 66.3. The third-order valence-corrected chi connectivity index (χ3v) is 4.78. The van der Waals surface area contributed by atoms with E-state index in [1.165, 1.54) is 0 Å². The first-order valence-electron chi connectivity index (χ1n) is 13.7. The van der Waals surface area contributed by atoms with Gasteiger partial charge in [-0.1, -0.05) is 0 Å². The van der Waals surface area contributed by atoms with Crippen LogP contribution in [0, 0.1) is 5.41 Å². The van der Waals surface area contributed by atoms with Crippen molar-refractivity contribution in [3.63, 3.8) is 0 Å². The third kappa shape index (κ3) is 46.7. The number of nitrogens with one attached hydrogen (secondary N) is 2. The summed E-state index contributed by atoms with van der Waals surface area (Å²) < 4.78 is 0. The molecule has 26 heteroatoms. The molecule has 2 amide bonds. The zero-order valence-electron chi connectivity index (χ0n) is 26.7. The first kappa shape index (κ1) is 53.8. The summed E-state index contributed by atoms with van der Waals surface area (Å²) in [7, 11) is 0. The number of guanidine groups is 1. The summed E-state index contributed by atoms with van der Waals surface area (Å²) >= 11 is 0. The van der Waals surface area contributed by atoms with E-state index >= 15 is 0 Å². The molecule has 0 aromatic rings. The topological polar surface area (TPSA) is 539 Å². The molecule has 25 N–H and O–H groups in total. The molecule has 0 aliphatic heterocycles. The van der Waals surface area contributed by atoms with Gasteiger partial charge in [0, 0.05) is 19.4 Å². The number of carbonyl (C=O) groups is 9. The van der Waals surface area contributed by atoms with Gasteiger partial charge in [-0.05, 0) is 25.7 Å². The molecule has 0 radical (unpaired) electrons. The molecule has 0 fully saturated rings. The minimum absolute atomic E-state index is 0.0213. The number of amides is 2. The van der Waals surface area contributed by atoms with Crippen LogP contribution >= 0.6 is 0 Å². The number of carboxylic acids is 7. The lowest BCUT2D eigenvalue weighted by Gasteiger charge is -2.06. The summed E-state index contributed by atoms with van der Waals surface area (Å²) in [6.45, 7) is 0.482. The third-order valence-electron chi connectivity index (χ3n) is 4.78. The summed E-state index contributed by atoms with van der Waals surface area (Å²) in [6.07, 6.45) is 0.0313. The molecule has 290 valence electrons. The number of rotatable bonds is 19. The van der Waals surface area contributed by atoms with E-state index in [4.69, 9.17) is 81.3 Å². The Labute approximate surface area is 283 Å². The molecule has 0 aliphatic carbocycles. The first-order valence-corrected chi connectivity index (χ1v) is 13.7. The maximum absolute atomic E-state index is 10.2. The number of carbonyl (C=O) groups excluding carboxylic acids is 2. The maximum atomic E-state index is 10.2. The highest BCUT2D eigenvalue weighted by molar-refractivity contribution is 5.83. The van der Waals surface area contributed by atoms with Crippen molar-refractivity contribution in [2.24, 2.45) is 45.9 Å². The lowest BCUT2D eigenvalue weighted by atomic mass is 10.2. The fourth-order valence-corrected chi connectivity index (χ4v) is 2.07. The van der Waals surface area contributed by atoms with E-state index in [2.05, 4.69) is 11.1 Å². The van der Waals surface area contributed by atoms with Crippen molar-refractivity contribution >= 4 is 59.6 Å². The SMILES string of the molecule is N=C(N)NCCCC(N)C(=O)O.NC(=O)CC(N)C(=O)O.NC(=O)CCC(N)C(=O)O.NC(CC(=O)O)C(=O)O.NC(CCC(=O)O)C(=O)O. The van der Waals surface area contributed by atoms with Crippen molar-refractivity contribution in [3.8, 4) is 0 Å². The normalized spacial score (nSPS) is 12.4. The molecule has 0 heterocycles. The Morgan fingerprint density at radius 2 is 0.820 bits per heavy atom. The molecule has 0 aromatic heterocycles. The van der Waals surface area contributed by atoms with Gasteiger partial charge in [0.25, 0.3) is 0 Å². The second-order valence-corrected chi connectivity index (χ2v) is 9.41. The van der Waals surface area contributed by atoms with Gasteiger partial charge in [-0.2, -0.15) is 0 Å². The summed E-state index contributed by atoms with van der Waals surface area (Å²) in [5.41, 5.74) is 39.4. The number of nitrogens with two attached hydrogens (primary N) is 8. The molecule has 0 aromatic carbocycles. The average Bonchev–Trinajstić information content (AvgIpc) is 2.96. The van der Waals surface area contributed by atoms with E-state index in [0.29, 0.717) is 19.4 Å². The van der Waals surface area contributed by atoms with E-state index < -0.39 is 90.2 Å². The highest BCUT2D eigenvalue weighted by atomic mass is 16.4. The van der Waals surface area contributed by atoms with Crippen LogP contribution in [0.1, 0.15) is 51.4 Å². The minimum Gasteiger partial charge on any atom is -0.481 e. The van der Waals surface area contributed by atoms with Crippen molar-refractivity contribution in [2.75, 3.05) is 6.54 Å². The van der Waals surface area contributed by atoms with E-state index in [9.17, 15) is 43.2 Å². The van der Waals surface area contributed by atoms with Gasteiger partial charge in [0.2, 0.25) is 11.8 Å². The highest BCUT2D eigenvalue weighted by Crippen LogP contribution is 1.94. The van der Waals surface area contributed by atoms with Crippen LogP contribution in [0.2, 0.25) is 0 Å². The minimum atomic E-state index is -1.29. The van der Waals surface area contributed by atoms with Crippen molar-refractivity contribution in [1.82, 2.24) is 5.32 Å². The predicted molar refractivity (Wildman–Crippen MR) is 169 cm³/mol. The van der Waals surface area contributed by atoms with Gasteiger partial charge in [-0.15, -0.1) is 0 Å². The Hall–Kier alpha value is -5.70. The summed E-state index contributed by atoms with van der Waals surface area (Å²) in [5.74, 6) is -9.37. The predicted octanol–water partition coefficient (Wildman–Crippen LogP) is -6.26. The molecule has 0 saturated carbocycles. The number of carboxylic acid groups (broad SMARTS) is 7. The Morgan fingerprint density at radius 1 is 0.480 bits per heavy atom. The van der Waals surface area contributed by atoms with Crippen LogP contribution in [0.15, 0.2) is 0 Å². The lowest BCUT2D eigenvalue weighted by Crippen LogP contribution is -2.34. The lowest BCUT2D eigenvalue weighted by molar-refractivity contribution is -0.144. The van der Waals surface area contributed by atoms with Gasteiger partial charge < -0.3 is 86.9 Å². The first-order chi connectivity index (χ1) is 22.7. The average molecular weight is 733 g/mol. The number of hydrogen-bond donors (Lipinski definition) is 17. The second kappa shape index (κ2) is 31.9. The molecule has 50 heavy (non-hydrogen) atoms. The zero-order chi connectivity index (χ0) is 40.7. The second-order valence-electron chi connectivity index (χ2n) is 9.41. The van der Waals surface area contributed by atoms with Gasteiger partial charge in [0.15, 0.2) is 5.96 Å². The largest absolute Gasteiger partial charge is 0.481 e. The van der Waals surface area contributed by atoms with Gasteiger partial charge in [0.05, 0.1) is 12.8 Å². The molecular weight excluding hydrogens is 684 g/mol. The van der Waals surface area contributed by atoms with Crippen LogP contribution in [-0.4, -0.2) is 132 Å². The Bertz CT molecular complexity index is 1060. The van der Waals surface area contributed by atoms with Crippen LogP contribution < -0.4 is 51.2 Å². The van der Waals surface area contributed by atoms with Crippen molar-refractivity contribution in [1.29, 1.82) is 5.41 Å². The van der Waals surface area contributed by atoms with E-state index in [1.54, 1.807) is 0 Å². The molecule has 5 unspecified atom stereocenters. The van der Waals surface area contributed by atoms with Gasteiger partial charge in [-0.25, -0.2) is 0 Å². The molecule has 0 saturated heterocycles. The van der Waals surface area contributed by atoms with Crippen LogP contribution in [-0.2, 0) is 43.2 Å². The highest BCUT2D eigenvalue weighted by Gasteiger charge is 2.15. The molecular formula is C24H48N10O16. The van der Waals surface area contributed by atoms with E-state index in [-0.39, 0.29) is 38.1 Å². The van der Waals surface area contributed by atoms with Crippen LogP contribution in [0.3, 0.4) is 0 Å². The summed E-state index contributed by atoms with van der Waals surface area (Å²) in [6, 6.07) is -5.31. The number of primary amides is 2. The molecule has 0 bridgehead atoms. The van der Waals surface area contributed by atoms with Crippen LogP contribution in [0.25, 0.3) is 0 Å². The monoisotopic (exact) mass is 732 g/mol. The molecule has 0 rings (SSSR count). The Kier molecular flexibility index (Phi) is 34.3. The number of hydrogen-bond acceptors (Lipinski definition) is 15. The molecule has 0 spiro atoms. The van der Waals surface area contributed by atoms with Gasteiger partial charge in [-0.3, -0.25) is 48.6 Å². The van der Waals surface area contributed by atoms with Gasteiger partial charge in [0.1, 0.15) is 30.2 Å². The standard InChI is InChI=1S/C6H14N4O2.C5H10N2O3.C5H9NO4.C4H8N2O3.C4H7NO4/c7-4(5(11)12)2-1-3-10-6(8)9;2*6-3(5(9)10)1-2-4(7)8;2*5-2(4(8)9)1-3(6)7/h4H,1-3,7H2,(H,11,12)(H4,8,9,10);3H,1-2,6H2,(H2,7,8)(H,9,10);3H,1-2,6H2,(H,7,8)(H,9,10);2H,1,5H2,(H2,6,7)(H,8,9);2H,1,5H2,(H,6,7)(H,8,9). The number of aliphatic carboxylic acids is 7. The molecule has 0 aliphatic rings.